The molecule has 0 spiro atoms. The summed E-state index contributed by atoms with van der Waals surface area (Å²) in [7, 11) is 1.74. The van der Waals surface area contributed by atoms with Gasteiger partial charge in [-0.05, 0) is 24.6 Å². The second kappa shape index (κ2) is 7.52. The summed E-state index contributed by atoms with van der Waals surface area (Å²) in [4.78, 5) is 13.7. The molecular weight excluding hydrogens is 321 g/mol. The SMILES string of the molecule is Cc1ccc(CN(C)C(=O)COc2cc(Cl)ccc2Cl)cc1. The van der Waals surface area contributed by atoms with E-state index in [2.05, 4.69) is 0 Å². The molecule has 2 aromatic rings. The van der Waals surface area contributed by atoms with Crippen molar-refractivity contribution < 1.29 is 9.53 Å². The Balaban J connectivity index is 1.91. The molecule has 5 heteroatoms. The lowest BCUT2D eigenvalue weighted by molar-refractivity contribution is -0.132. The summed E-state index contributed by atoms with van der Waals surface area (Å²) >= 11 is 11.9. The molecule has 116 valence electrons. The fraction of sp³-hybridized carbons (Fsp3) is 0.235. The number of amides is 1. The van der Waals surface area contributed by atoms with Gasteiger partial charge in [-0.2, -0.15) is 0 Å². The van der Waals surface area contributed by atoms with Crippen molar-refractivity contribution in [1.82, 2.24) is 4.90 Å². The summed E-state index contributed by atoms with van der Waals surface area (Å²) in [5.74, 6) is 0.280. The highest BCUT2D eigenvalue weighted by Gasteiger charge is 2.11. The third-order valence-electron chi connectivity index (χ3n) is 3.21. The van der Waals surface area contributed by atoms with Crippen LogP contribution < -0.4 is 4.74 Å². The fourth-order valence-corrected chi connectivity index (χ4v) is 2.23. The van der Waals surface area contributed by atoms with Crippen LogP contribution in [0.4, 0.5) is 0 Å². The number of rotatable bonds is 5. The first-order valence-electron chi connectivity index (χ1n) is 6.83. The Bertz CT molecular complexity index is 656. The van der Waals surface area contributed by atoms with Crippen LogP contribution in [0.15, 0.2) is 42.5 Å². The molecule has 1 amide bonds. The van der Waals surface area contributed by atoms with E-state index in [-0.39, 0.29) is 12.5 Å². The van der Waals surface area contributed by atoms with Gasteiger partial charge in [0.1, 0.15) is 5.75 Å². The summed E-state index contributed by atoms with van der Waals surface area (Å²) in [6.45, 7) is 2.48. The number of ether oxygens (including phenoxy) is 1. The van der Waals surface area contributed by atoms with Crippen LogP contribution in [0.25, 0.3) is 0 Å². The van der Waals surface area contributed by atoms with Crippen molar-refractivity contribution >= 4 is 29.1 Å². The van der Waals surface area contributed by atoms with Gasteiger partial charge >= 0.3 is 0 Å². The van der Waals surface area contributed by atoms with E-state index in [1.807, 2.05) is 31.2 Å². The second-order valence-electron chi connectivity index (χ2n) is 5.10. The smallest absolute Gasteiger partial charge is 0.260 e. The highest BCUT2D eigenvalue weighted by atomic mass is 35.5. The van der Waals surface area contributed by atoms with Crippen LogP contribution in [0.1, 0.15) is 11.1 Å². The first-order valence-corrected chi connectivity index (χ1v) is 7.58. The highest BCUT2D eigenvalue weighted by Crippen LogP contribution is 2.27. The molecule has 0 N–H and O–H groups in total. The van der Waals surface area contributed by atoms with Crippen LogP contribution in [0, 0.1) is 6.92 Å². The molecular formula is C17H17Cl2NO2. The Kier molecular flexibility index (Phi) is 5.69. The maximum absolute atomic E-state index is 12.1. The zero-order valence-corrected chi connectivity index (χ0v) is 14.0. The number of halogens is 2. The summed E-state index contributed by atoms with van der Waals surface area (Å²) in [5, 5.41) is 0.943. The van der Waals surface area contributed by atoms with Crippen molar-refractivity contribution in [3.63, 3.8) is 0 Å². The topological polar surface area (TPSA) is 29.5 Å². The zero-order valence-electron chi connectivity index (χ0n) is 12.5. The van der Waals surface area contributed by atoms with Gasteiger partial charge in [-0.25, -0.2) is 0 Å². The van der Waals surface area contributed by atoms with E-state index in [4.69, 9.17) is 27.9 Å². The summed E-state index contributed by atoms with van der Waals surface area (Å²) < 4.78 is 5.45. The fourth-order valence-electron chi connectivity index (χ4n) is 1.89. The Morgan fingerprint density at radius 1 is 1.14 bits per heavy atom. The minimum absolute atomic E-state index is 0.0809. The second-order valence-corrected chi connectivity index (χ2v) is 5.94. The quantitative estimate of drug-likeness (QED) is 0.812. The van der Waals surface area contributed by atoms with Gasteiger partial charge < -0.3 is 9.64 Å². The minimum Gasteiger partial charge on any atom is -0.482 e. The molecule has 0 aliphatic carbocycles. The molecule has 0 bridgehead atoms. The Hall–Kier alpha value is -1.71. The van der Waals surface area contributed by atoms with E-state index < -0.39 is 0 Å². The molecule has 0 aliphatic rings. The first-order chi connectivity index (χ1) is 10.5. The van der Waals surface area contributed by atoms with Crippen molar-refractivity contribution in [2.75, 3.05) is 13.7 Å². The maximum atomic E-state index is 12.1. The van der Waals surface area contributed by atoms with Crippen LogP contribution in [0.2, 0.25) is 10.0 Å². The lowest BCUT2D eigenvalue weighted by atomic mass is 10.1. The Morgan fingerprint density at radius 2 is 1.82 bits per heavy atom. The van der Waals surface area contributed by atoms with E-state index >= 15 is 0 Å². The van der Waals surface area contributed by atoms with E-state index in [9.17, 15) is 4.79 Å². The maximum Gasteiger partial charge on any atom is 0.260 e. The van der Waals surface area contributed by atoms with Crippen molar-refractivity contribution in [2.45, 2.75) is 13.5 Å². The average Bonchev–Trinajstić information content (AvgIpc) is 2.50. The number of benzene rings is 2. The predicted octanol–water partition coefficient (Wildman–Crippen LogP) is 4.34. The number of carbonyl (C=O) groups excluding carboxylic acids is 1. The van der Waals surface area contributed by atoms with Crippen molar-refractivity contribution in [1.29, 1.82) is 0 Å². The monoisotopic (exact) mass is 337 g/mol. The van der Waals surface area contributed by atoms with E-state index in [1.165, 1.54) is 5.56 Å². The average molecular weight is 338 g/mol. The lowest BCUT2D eigenvalue weighted by Gasteiger charge is -2.18. The highest BCUT2D eigenvalue weighted by molar-refractivity contribution is 6.34. The van der Waals surface area contributed by atoms with Gasteiger partial charge in [-0.15, -0.1) is 0 Å². The van der Waals surface area contributed by atoms with Crippen LogP contribution in [0.5, 0.6) is 5.75 Å². The third-order valence-corrected chi connectivity index (χ3v) is 3.76. The normalized spacial score (nSPS) is 10.4. The number of nitrogens with zero attached hydrogens (tertiary/aromatic N) is 1. The van der Waals surface area contributed by atoms with Crippen molar-refractivity contribution in [3.05, 3.63) is 63.6 Å². The number of hydrogen-bond donors (Lipinski definition) is 0. The third kappa shape index (κ3) is 4.65. The number of carbonyl (C=O) groups is 1. The molecule has 0 unspecified atom stereocenters. The van der Waals surface area contributed by atoms with Gasteiger partial charge in [0, 0.05) is 24.7 Å². The molecule has 0 radical (unpaired) electrons. The molecule has 0 fully saturated rings. The first kappa shape index (κ1) is 16.7. The number of hydrogen-bond acceptors (Lipinski definition) is 2. The number of aryl methyl sites for hydroxylation is 1. The van der Waals surface area contributed by atoms with E-state index in [0.717, 1.165) is 5.56 Å². The largest absolute Gasteiger partial charge is 0.482 e. The minimum atomic E-state index is -0.128. The lowest BCUT2D eigenvalue weighted by Crippen LogP contribution is -2.31. The van der Waals surface area contributed by atoms with Gasteiger partial charge in [-0.1, -0.05) is 53.0 Å². The molecule has 0 saturated carbocycles. The molecule has 0 aliphatic heterocycles. The molecule has 2 aromatic carbocycles. The summed E-state index contributed by atoms with van der Waals surface area (Å²) in [6.07, 6.45) is 0. The van der Waals surface area contributed by atoms with Crippen LogP contribution in [0.3, 0.4) is 0 Å². The molecule has 22 heavy (non-hydrogen) atoms. The Labute approximate surface area is 140 Å². The molecule has 0 saturated heterocycles. The van der Waals surface area contributed by atoms with Gasteiger partial charge in [0.25, 0.3) is 5.91 Å². The molecule has 3 nitrogen and oxygen atoms in total. The molecule has 0 heterocycles. The summed E-state index contributed by atoms with van der Waals surface area (Å²) in [5.41, 5.74) is 2.26. The van der Waals surface area contributed by atoms with Gasteiger partial charge in [0.2, 0.25) is 0 Å². The van der Waals surface area contributed by atoms with E-state index in [1.54, 1.807) is 30.1 Å². The van der Waals surface area contributed by atoms with Gasteiger partial charge in [0.15, 0.2) is 6.61 Å². The molecule has 0 atom stereocenters. The van der Waals surface area contributed by atoms with Crippen LogP contribution in [-0.4, -0.2) is 24.5 Å². The zero-order chi connectivity index (χ0) is 16.1. The standard InChI is InChI=1S/C17H17Cl2NO2/c1-12-3-5-13(6-4-12)10-20(2)17(21)11-22-16-9-14(18)7-8-15(16)19/h3-9H,10-11H2,1-2H3. The summed E-state index contributed by atoms with van der Waals surface area (Å²) in [6, 6.07) is 13.0. The van der Waals surface area contributed by atoms with Crippen LogP contribution >= 0.6 is 23.2 Å². The van der Waals surface area contributed by atoms with E-state index in [0.29, 0.717) is 22.3 Å². The molecule has 0 aromatic heterocycles. The van der Waals surface area contributed by atoms with Crippen molar-refractivity contribution in [3.8, 4) is 5.75 Å². The van der Waals surface area contributed by atoms with Gasteiger partial charge in [0.05, 0.1) is 5.02 Å². The predicted molar refractivity (Wildman–Crippen MR) is 89.6 cm³/mol. The van der Waals surface area contributed by atoms with Gasteiger partial charge in [-0.3, -0.25) is 4.79 Å². The Morgan fingerprint density at radius 3 is 2.50 bits per heavy atom. The number of likely N-dealkylation sites (N-methyl/N-ethyl adjacent to an activating group) is 1. The van der Waals surface area contributed by atoms with Crippen molar-refractivity contribution in [2.24, 2.45) is 0 Å². The van der Waals surface area contributed by atoms with Crippen LogP contribution in [-0.2, 0) is 11.3 Å². The molecule has 2 rings (SSSR count).